The number of oxazole rings is 1. The van der Waals surface area contributed by atoms with Crippen molar-refractivity contribution in [1.82, 2.24) is 30.0 Å². The Morgan fingerprint density at radius 1 is 1.00 bits per heavy atom. The molecule has 2 aromatic carbocycles. The number of Topliss-reactive ketones (excluding diaryl/α,β-unsaturated/α-hetero) is 1. The molecule has 210 valence electrons. The number of amides is 1. The minimum atomic E-state index is -1.00. The van der Waals surface area contributed by atoms with Gasteiger partial charge in [-0.25, -0.2) is 9.97 Å². The molecule has 12 nitrogen and oxygen atoms in total. The van der Waals surface area contributed by atoms with Gasteiger partial charge in [-0.05, 0) is 37.5 Å². The molecular formula is C29H29N7O5. The number of carbonyl (C=O) groups excluding carboxylic acids is 2. The Morgan fingerprint density at radius 2 is 1.71 bits per heavy atom. The number of anilines is 1. The summed E-state index contributed by atoms with van der Waals surface area (Å²) >= 11 is 0. The van der Waals surface area contributed by atoms with Crippen LogP contribution in [0.2, 0.25) is 0 Å². The van der Waals surface area contributed by atoms with Crippen molar-refractivity contribution < 1.29 is 18.4 Å². The largest absolute Gasteiger partial charge is 0.440 e. The number of nitrogens with one attached hydrogen (secondary N) is 1. The predicted molar refractivity (Wildman–Crippen MR) is 150 cm³/mol. The van der Waals surface area contributed by atoms with Crippen molar-refractivity contribution in [2.24, 2.45) is 5.92 Å². The van der Waals surface area contributed by atoms with E-state index in [0.29, 0.717) is 28.2 Å². The molecule has 0 aliphatic heterocycles. The van der Waals surface area contributed by atoms with Gasteiger partial charge in [-0.1, -0.05) is 56.3 Å². The fourth-order valence-electron chi connectivity index (χ4n) is 4.34. The molecule has 1 amide bonds. The topological polar surface area (TPSA) is 172 Å². The van der Waals surface area contributed by atoms with E-state index in [-0.39, 0.29) is 30.1 Å². The highest BCUT2D eigenvalue weighted by atomic mass is 16.4. The molecule has 5 rings (SSSR count). The summed E-state index contributed by atoms with van der Waals surface area (Å²) in [5.74, 6) is -1.50. The smallest absolute Gasteiger partial charge is 0.294 e. The van der Waals surface area contributed by atoms with Crippen LogP contribution >= 0.6 is 0 Å². The Labute approximate surface area is 234 Å². The van der Waals surface area contributed by atoms with Gasteiger partial charge in [0, 0.05) is 0 Å². The average molecular weight is 556 g/mol. The van der Waals surface area contributed by atoms with Crippen molar-refractivity contribution in [2.75, 3.05) is 5.73 Å². The molecule has 0 saturated heterocycles. The maximum Gasteiger partial charge on any atom is 0.294 e. The number of benzene rings is 2. The van der Waals surface area contributed by atoms with E-state index in [4.69, 9.17) is 14.6 Å². The van der Waals surface area contributed by atoms with Crippen molar-refractivity contribution in [1.29, 1.82) is 0 Å². The molecule has 0 spiro atoms. The van der Waals surface area contributed by atoms with E-state index < -0.39 is 28.7 Å². The lowest BCUT2D eigenvalue weighted by Gasteiger charge is -2.21. The monoisotopic (exact) mass is 555 g/mol. The Balaban J connectivity index is 1.37. The molecule has 0 aliphatic carbocycles. The summed E-state index contributed by atoms with van der Waals surface area (Å²) in [7, 11) is 0. The van der Waals surface area contributed by atoms with Crippen molar-refractivity contribution >= 4 is 28.6 Å². The number of nitrogen functional groups attached to an aromatic ring is 1. The van der Waals surface area contributed by atoms with Crippen LogP contribution in [0.1, 0.15) is 50.2 Å². The third kappa shape index (κ3) is 5.36. The molecule has 0 fully saturated rings. The molecular weight excluding hydrogens is 526 g/mol. The number of aromatic nitrogens is 5. The number of fused-ring (bicyclic) bond motifs is 1. The van der Waals surface area contributed by atoms with Crippen LogP contribution in [-0.4, -0.2) is 42.5 Å². The molecule has 0 radical (unpaired) electrons. The van der Waals surface area contributed by atoms with Gasteiger partial charge in [-0.15, -0.1) is 10.2 Å². The number of hydrogen-bond donors (Lipinski definition) is 2. The van der Waals surface area contributed by atoms with Crippen molar-refractivity contribution in [3.8, 4) is 11.3 Å². The number of para-hydroxylation sites is 2. The summed E-state index contributed by atoms with van der Waals surface area (Å²) in [6.45, 7) is 6.75. The fourth-order valence-corrected chi connectivity index (χ4v) is 4.34. The lowest BCUT2D eigenvalue weighted by atomic mass is 9.93. The molecule has 1 atom stereocenters. The van der Waals surface area contributed by atoms with Gasteiger partial charge in [-0.3, -0.25) is 19.0 Å². The van der Waals surface area contributed by atoms with E-state index in [2.05, 4.69) is 25.5 Å². The number of nitrogens with two attached hydrogens (primary N) is 1. The number of ketones is 1. The first-order valence-corrected chi connectivity index (χ1v) is 13.0. The first-order valence-electron chi connectivity index (χ1n) is 13.0. The quantitative estimate of drug-likeness (QED) is 0.257. The summed E-state index contributed by atoms with van der Waals surface area (Å²) in [5, 5.41) is 10.8. The van der Waals surface area contributed by atoms with Crippen molar-refractivity contribution in [3.05, 3.63) is 88.8 Å². The van der Waals surface area contributed by atoms with Crippen LogP contribution in [0.5, 0.6) is 0 Å². The molecule has 0 saturated carbocycles. The number of nitrogens with zero attached hydrogens (tertiary/aromatic N) is 5. The zero-order chi connectivity index (χ0) is 29.3. The van der Waals surface area contributed by atoms with Crippen molar-refractivity contribution in [2.45, 2.75) is 45.7 Å². The van der Waals surface area contributed by atoms with Gasteiger partial charge >= 0.3 is 0 Å². The molecule has 3 heterocycles. The van der Waals surface area contributed by atoms with Crippen LogP contribution in [-0.2, 0) is 16.8 Å². The van der Waals surface area contributed by atoms with Crippen LogP contribution in [0.25, 0.3) is 22.4 Å². The van der Waals surface area contributed by atoms with Crippen LogP contribution in [0.15, 0.2) is 74.4 Å². The maximum atomic E-state index is 13.5. The second-order valence-corrected chi connectivity index (χ2v) is 10.5. The molecule has 12 heteroatoms. The van der Waals surface area contributed by atoms with Gasteiger partial charge in [0.2, 0.25) is 23.5 Å². The SMILES string of the molecule is CC(C)[C@H](NC(=O)Cn1c(-c2ccccc2)cnc(N)c1=O)C(=O)c1nnc(C(C)(C)c2nc3ccccc3o2)o1. The number of carbonyl (C=O) groups is 2. The molecule has 3 N–H and O–H groups in total. The second kappa shape index (κ2) is 10.8. The Hall–Kier alpha value is -5.13. The van der Waals surface area contributed by atoms with Gasteiger partial charge < -0.3 is 19.9 Å². The molecule has 41 heavy (non-hydrogen) atoms. The lowest BCUT2D eigenvalue weighted by molar-refractivity contribution is -0.122. The summed E-state index contributed by atoms with van der Waals surface area (Å²) in [6, 6.07) is 15.3. The third-order valence-electron chi connectivity index (χ3n) is 6.72. The summed E-state index contributed by atoms with van der Waals surface area (Å²) in [5.41, 5.74) is 6.59. The Kier molecular flexibility index (Phi) is 7.22. The molecule has 5 aromatic rings. The van der Waals surface area contributed by atoms with Gasteiger partial charge in [0.25, 0.3) is 11.4 Å². The minimum Gasteiger partial charge on any atom is -0.440 e. The normalized spacial score (nSPS) is 12.5. The average Bonchev–Trinajstić information content (AvgIpc) is 3.63. The van der Waals surface area contributed by atoms with Gasteiger partial charge in [-0.2, -0.15) is 0 Å². The number of hydrogen-bond acceptors (Lipinski definition) is 10. The van der Waals surface area contributed by atoms with E-state index in [0.717, 1.165) is 0 Å². The van der Waals surface area contributed by atoms with Gasteiger partial charge in [0.05, 0.1) is 17.9 Å². The van der Waals surface area contributed by atoms with Crippen LogP contribution in [0.4, 0.5) is 5.82 Å². The number of rotatable bonds is 9. The lowest BCUT2D eigenvalue weighted by Crippen LogP contribution is -2.46. The van der Waals surface area contributed by atoms with Crippen LogP contribution in [0, 0.1) is 5.92 Å². The van der Waals surface area contributed by atoms with E-state index in [1.165, 1.54) is 10.8 Å². The van der Waals surface area contributed by atoms with E-state index in [1.54, 1.807) is 58.0 Å². The van der Waals surface area contributed by atoms with Gasteiger partial charge in [0.15, 0.2) is 11.4 Å². The highest BCUT2D eigenvalue weighted by molar-refractivity contribution is 5.98. The molecule has 0 unspecified atom stereocenters. The highest BCUT2D eigenvalue weighted by Gasteiger charge is 2.37. The van der Waals surface area contributed by atoms with Crippen LogP contribution < -0.4 is 16.6 Å². The van der Waals surface area contributed by atoms with Crippen LogP contribution in [0.3, 0.4) is 0 Å². The predicted octanol–water partition coefficient (Wildman–Crippen LogP) is 3.37. The standard InChI is InChI=1S/C29H29N7O5/c1-16(2)22(33-21(37)15-36-19(14-31-24(30)26(36)39)17-10-6-5-7-11-17)23(38)25-34-35-28(41-25)29(3,4)27-32-18-12-8-9-13-20(18)40-27/h5-14,16,22H,15H2,1-4H3,(H2,30,31)(H,33,37)/t22-/m0/s1. The summed E-state index contributed by atoms with van der Waals surface area (Å²) in [6.07, 6.45) is 1.43. The molecule has 0 bridgehead atoms. The summed E-state index contributed by atoms with van der Waals surface area (Å²) < 4.78 is 12.9. The second-order valence-electron chi connectivity index (χ2n) is 10.5. The molecule has 3 aromatic heterocycles. The maximum absolute atomic E-state index is 13.5. The highest BCUT2D eigenvalue weighted by Crippen LogP contribution is 2.32. The zero-order valence-electron chi connectivity index (χ0n) is 23.0. The molecule has 0 aliphatic rings. The zero-order valence-corrected chi connectivity index (χ0v) is 23.0. The third-order valence-corrected chi connectivity index (χ3v) is 6.72. The Bertz CT molecular complexity index is 1750. The minimum absolute atomic E-state index is 0.132. The van der Waals surface area contributed by atoms with E-state index >= 15 is 0 Å². The Morgan fingerprint density at radius 3 is 2.41 bits per heavy atom. The fraction of sp³-hybridized carbons (Fsp3) is 0.276. The van der Waals surface area contributed by atoms with E-state index in [9.17, 15) is 14.4 Å². The first kappa shape index (κ1) is 27.4. The summed E-state index contributed by atoms with van der Waals surface area (Å²) in [4.78, 5) is 47.9. The van der Waals surface area contributed by atoms with E-state index in [1.807, 2.05) is 24.3 Å². The van der Waals surface area contributed by atoms with Crippen molar-refractivity contribution in [3.63, 3.8) is 0 Å². The first-order chi connectivity index (χ1) is 19.6. The van der Waals surface area contributed by atoms with Gasteiger partial charge in [0.1, 0.15) is 17.5 Å².